The number of likely N-dealkylation sites (tertiary alicyclic amines) is 2. The van der Waals surface area contributed by atoms with Crippen LogP contribution in [-0.4, -0.2) is 47.8 Å². The number of nitrogens with zero attached hydrogens (tertiary/aromatic N) is 2. The molecule has 1 aromatic carbocycles. The molecule has 1 aromatic rings. The summed E-state index contributed by atoms with van der Waals surface area (Å²) in [5.74, 6) is -0.444. The molecule has 3 rings (SSSR count). The summed E-state index contributed by atoms with van der Waals surface area (Å²) in [5, 5.41) is -0.399. The van der Waals surface area contributed by atoms with E-state index >= 15 is 0 Å². The summed E-state index contributed by atoms with van der Waals surface area (Å²) in [6.07, 6.45) is 4.44. The average Bonchev–Trinajstić information content (AvgIpc) is 3.07. The molecule has 2 heterocycles. The third-order valence-electron chi connectivity index (χ3n) is 5.31. The Balaban J connectivity index is 1.65. The Bertz CT molecular complexity index is 699. The van der Waals surface area contributed by atoms with E-state index in [1.807, 2.05) is 0 Å². The van der Waals surface area contributed by atoms with Crippen molar-refractivity contribution < 1.29 is 18.0 Å². The fraction of sp³-hybridized carbons (Fsp3) is 0.550. The van der Waals surface area contributed by atoms with Crippen LogP contribution in [0.15, 0.2) is 30.5 Å². The molecule has 0 radical (unpaired) electrons. The van der Waals surface area contributed by atoms with Crippen molar-refractivity contribution in [3.05, 3.63) is 46.6 Å². The van der Waals surface area contributed by atoms with Gasteiger partial charge in [-0.1, -0.05) is 18.0 Å². The molecule has 2 fully saturated rings. The molecule has 7 heteroatoms. The van der Waals surface area contributed by atoms with Crippen molar-refractivity contribution in [2.24, 2.45) is 0 Å². The second-order valence-electron chi connectivity index (χ2n) is 7.27. The molecule has 3 nitrogen and oxygen atoms in total. The zero-order valence-corrected chi connectivity index (χ0v) is 15.9. The van der Waals surface area contributed by atoms with Crippen LogP contribution in [0.4, 0.5) is 13.2 Å². The van der Waals surface area contributed by atoms with Crippen LogP contribution >= 0.6 is 11.6 Å². The average molecular weight is 401 g/mol. The van der Waals surface area contributed by atoms with E-state index in [0.717, 1.165) is 51.2 Å². The first kappa shape index (κ1) is 20.2. The highest BCUT2D eigenvalue weighted by Gasteiger charge is 2.33. The standard InChI is InChI=1S/C20H24ClF3N2O/c21-18-7-6-15(13-17(18)20(22,23)24)19(27)8-12-26-11-4-5-16(26)14-25-9-2-1-3-10-25/h6-8,12-13,16H,1-5,9-11,14H2/b12-8+/t16-/m0/s1. The SMILES string of the molecule is O=C(/C=C/N1CCC[C@H]1CN1CCCCC1)c1ccc(Cl)c(C(F)(F)F)c1. The smallest absolute Gasteiger partial charge is 0.373 e. The first-order valence-corrected chi connectivity index (χ1v) is 9.80. The number of carbonyl (C=O) groups excluding carboxylic acids is 1. The summed E-state index contributed by atoms with van der Waals surface area (Å²) in [5.41, 5.74) is -0.984. The number of allylic oxidation sites excluding steroid dienone is 1. The molecule has 1 atom stereocenters. The van der Waals surface area contributed by atoms with Gasteiger partial charge in [-0.15, -0.1) is 0 Å². The number of hydrogen-bond acceptors (Lipinski definition) is 3. The van der Waals surface area contributed by atoms with Gasteiger partial charge in [-0.2, -0.15) is 13.2 Å². The lowest BCUT2D eigenvalue weighted by Gasteiger charge is -2.32. The maximum Gasteiger partial charge on any atom is 0.417 e. The number of alkyl halides is 3. The summed E-state index contributed by atoms with van der Waals surface area (Å²) >= 11 is 5.62. The molecule has 2 aliphatic rings. The van der Waals surface area contributed by atoms with Crippen LogP contribution in [0.1, 0.15) is 48.0 Å². The Labute approximate surface area is 162 Å². The van der Waals surface area contributed by atoms with Crippen LogP contribution in [-0.2, 0) is 6.18 Å². The molecule has 0 saturated carbocycles. The summed E-state index contributed by atoms with van der Waals surface area (Å²) in [7, 11) is 0. The van der Waals surface area contributed by atoms with Gasteiger partial charge in [0, 0.05) is 37.0 Å². The van der Waals surface area contributed by atoms with Crippen molar-refractivity contribution in [1.82, 2.24) is 9.80 Å². The molecule has 27 heavy (non-hydrogen) atoms. The molecule has 148 valence electrons. The Hall–Kier alpha value is -1.53. The first-order valence-electron chi connectivity index (χ1n) is 9.42. The monoisotopic (exact) mass is 400 g/mol. The predicted octanol–water partition coefficient (Wildman–Crippen LogP) is 5.01. The van der Waals surface area contributed by atoms with Gasteiger partial charge in [0.05, 0.1) is 10.6 Å². The molecule has 2 aliphatic heterocycles. The minimum Gasteiger partial charge on any atom is -0.373 e. The molecule has 0 amide bonds. The molecule has 0 unspecified atom stereocenters. The lowest BCUT2D eigenvalue weighted by molar-refractivity contribution is -0.137. The minimum atomic E-state index is -4.58. The Kier molecular flexibility index (Phi) is 6.48. The van der Waals surface area contributed by atoms with Gasteiger partial charge in [0.15, 0.2) is 5.78 Å². The second kappa shape index (κ2) is 8.65. The van der Waals surface area contributed by atoms with E-state index in [9.17, 15) is 18.0 Å². The van der Waals surface area contributed by atoms with Crippen LogP contribution in [0.2, 0.25) is 5.02 Å². The van der Waals surface area contributed by atoms with Crippen LogP contribution < -0.4 is 0 Å². The van der Waals surface area contributed by atoms with Crippen molar-refractivity contribution in [2.75, 3.05) is 26.2 Å². The van der Waals surface area contributed by atoms with Gasteiger partial charge in [-0.25, -0.2) is 0 Å². The van der Waals surface area contributed by atoms with Gasteiger partial charge in [0.25, 0.3) is 0 Å². The molecular weight excluding hydrogens is 377 g/mol. The van der Waals surface area contributed by atoms with Crippen LogP contribution in [0, 0.1) is 0 Å². The van der Waals surface area contributed by atoms with E-state index in [-0.39, 0.29) is 5.56 Å². The number of benzene rings is 1. The van der Waals surface area contributed by atoms with Gasteiger partial charge in [0.1, 0.15) is 0 Å². The van der Waals surface area contributed by atoms with Crippen LogP contribution in [0.25, 0.3) is 0 Å². The molecule has 2 saturated heterocycles. The Morgan fingerprint density at radius 3 is 2.59 bits per heavy atom. The van der Waals surface area contributed by atoms with Crippen LogP contribution in [0.3, 0.4) is 0 Å². The van der Waals surface area contributed by atoms with Crippen molar-refractivity contribution in [1.29, 1.82) is 0 Å². The maximum atomic E-state index is 13.0. The fourth-order valence-electron chi connectivity index (χ4n) is 3.85. The minimum absolute atomic E-state index is 0.00486. The van der Waals surface area contributed by atoms with Crippen LogP contribution in [0.5, 0.6) is 0 Å². The lowest BCUT2D eigenvalue weighted by atomic mass is 10.1. The Morgan fingerprint density at radius 2 is 1.89 bits per heavy atom. The number of carbonyl (C=O) groups is 1. The van der Waals surface area contributed by atoms with Crippen molar-refractivity contribution in [3.8, 4) is 0 Å². The fourth-order valence-corrected chi connectivity index (χ4v) is 4.07. The van der Waals surface area contributed by atoms with E-state index in [4.69, 9.17) is 11.6 Å². The van der Waals surface area contributed by atoms with Gasteiger partial charge in [0.2, 0.25) is 0 Å². The third kappa shape index (κ3) is 5.26. The molecule has 0 aromatic heterocycles. The maximum absolute atomic E-state index is 13.0. The molecule has 0 N–H and O–H groups in total. The van der Waals surface area contributed by atoms with Crippen molar-refractivity contribution in [2.45, 2.75) is 44.3 Å². The third-order valence-corrected chi connectivity index (χ3v) is 5.64. The summed E-state index contributed by atoms with van der Waals surface area (Å²) in [6, 6.07) is 3.65. The van der Waals surface area contributed by atoms with E-state index in [0.29, 0.717) is 6.04 Å². The van der Waals surface area contributed by atoms with E-state index in [1.165, 1.54) is 31.4 Å². The molecular formula is C20H24ClF3N2O. The van der Waals surface area contributed by atoms with Gasteiger partial charge in [-0.3, -0.25) is 4.79 Å². The number of ketones is 1. The molecule has 0 bridgehead atoms. The number of rotatable bonds is 5. The number of hydrogen-bond donors (Lipinski definition) is 0. The van der Waals surface area contributed by atoms with E-state index in [2.05, 4.69) is 9.80 Å². The molecule has 0 spiro atoms. The van der Waals surface area contributed by atoms with E-state index in [1.54, 1.807) is 6.20 Å². The highest BCUT2D eigenvalue weighted by molar-refractivity contribution is 6.31. The number of piperidine rings is 1. The van der Waals surface area contributed by atoms with Crippen molar-refractivity contribution in [3.63, 3.8) is 0 Å². The molecule has 0 aliphatic carbocycles. The summed E-state index contributed by atoms with van der Waals surface area (Å²) in [6.45, 7) is 4.10. The first-order chi connectivity index (χ1) is 12.8. The van der Waals surface area contributed by atoms with Crippen molar-refractivity contribution >= 4 is 17.4 Å². The Morgan fingerprint density at radius 1 is 1.15 bits per heavy atom. The summed E-state index contributed by atoms with van der Waals surface area (Å²) < 4.78 is 38.9. The highest BCUT2D eigenvalue weighted by Crippen LogP contribution is 2.35. The zero-order valence-electron chi connectivity index (χ0n) is 15.1. The van der Waals surface area contributed by atoms with Gasteiger partial charge < -0.3 is 9.80 Å². The lowest BCUT2D eigenvalue weighted by Crippen LogP contribution is -2.40. The normalized spacial score (nSPS) is 21.9. The van der Waals surface area contributed by atoms with Gasteiger partial charge in [-0.05, 0) is 57.0 Å². The summed E-state index contributed by atoms with van der Waals surface area (Å²) in [4.78, 5) is 17.0. The quantitative estimate of drug-likeness (QED) is 0.513. The van der Waals surface area contributed by atoms with Gasteiger partial charge >= 0.3 is 6.18 Å². The second-order valence-corrected chi connectivity index (χ2v) is 7.67. The number of halogens is 4. The predicted molar refractivity (Wildman–Crippen MR) is 99.9 cm³/mol. The zero-order chi connectivity index (χ0) is 19.4. The largest absolute Gasteiger partial charge is 0.417 e. The topological polar surface area (TPSA) is 23.6 Å². The van der Waals surface area contributed by atoms with E-state index < -0.39 is 22.5 Å². The highest BCUT2D eigenvalue weighted by atomic mass is 35.5.